The number of carbonyl (C=O) groups is 1. The van der Waals surface area contributed by atoms with E-state index < -0.39 is 0 Å². The molecule has 0 atom stereocenters. The van der Waals surface area contributed by atoms with E-state index in [2.05, 4.69) is 20.5 Å². The summed E-state index contributed by atoms with van der Waals surface area (Å²) in [5.41, 5.74) is 2.93. The van der Waals surface area contributed by atoms with Gasteiger partial charge in [-0.2, -0.15) is 0 Å². The average molecular weight is 368 g/mol. The number of aryl methyl sites for hydroxylation is 2. The number of para-hydroxylation sites is 2. The number of benzene rings is 2. The van der Waals surface area contributed by atoms with Crippen molar-refractivity contribution in [2.75, 3.05) is 11.1 Å². The molecule has 0 aliphatic rings. The number of aromatic amines is 1. The third kappa shape index (κ3) is 4.86. The third-order valence-corrected chi connectivity index (χ3v) is 4.51. The summed E-state index contributed by atoms with van der Waals surface area (Å²) >= 11 is 1.28. The molecule has 3 aromatic rings. The maximum Gasteiger partial charge on any atom is 0.234 e. The van der Waals surface area contributed by atoms with Crippen molar-refractivity contribution in [1.29, 1.82) is 0 Å². The Hall–Kier alpha value is -2.80. The largest absolute Gasteiger partial charge is 0.485 e. The van der Waals surface area contributed by atoms with Crippen LogP contribution in [0, 0.1) is 13.8 Å². The van der Waals surface area contributed by atoms with E-state index in [1.54, 1.807) is 0 Å². The van der Waals surface area contributed by atoms with Gasteiger partial charge in [-0.3, -0.25) is 9.89 Å². The SMILES string of the molecule is Cc1cccc(C)c1OCc1nc(SCC(=O)Nc2ccccc2)n[nH]1. The van der Waals surface area contributed by atoms with Gasteiger partial charge in [0.1, 0.15) is 12.4 Å². The minimum absolute atomic E-state index is 0.0978. The van der Waals surface area contributed by atoms with Crippen LogP contribution in [-0.4, -0.2) is 26.8 Å². The summed E-state index contributed by atoms with van der Waals surface area (Å²) < 4.78 is 5.85. The highest BCUT2D eigenvalue weighted by Gasteiger charge is 2.10. The number of thioether (sulfide) groups is 1. The second-order valence-electron chi connectivity index (χ2n) is 5.78. The predicted molar refractivity (Wildman–Crippen MR) is 102 cm³/mol. The fraction of sp³-hybridized carbons (Fsp3) is 0.211. The number of carbonyl (C=O) groups excluding carboxylic acids is 1. The van der Waals surface area contributed by atoms with Crippen molar-refractivity contribution in [2.45, 2.75) is 25.6 Å². The van der Waals surface area contributed by atoms with Crippen LogP contribution in [0.3, 0.4) is 0 Å². The first-order chi connectivity index (χ1) is 12.6. The lowest BCUT2D eigenvalue weighted by Gasteiger charge is -2.10. The van der Waals surface area contributed by atoms with E-state index in [1.807, 2.05) is 62.4 Å². The van der Waals surface area contributed by atoms with Crippen LogP contribution < -0.4 is 10.1 Å². The Morgan fingerprint density at radius 3 is 2.58 bits per heavy atom. The molecule has 1 heterocycles. The Labute approximate surface area is 156 Å². The van der Waals surface area contributed by atoms with E-state index in [9.17, 15) is 4.79 Å². The molecule has 0 bridgehead atoms. The maximum atomic E-state index is 12.0. The van der Waals surface area contributed by atoms with Crippen LogP contribution >= 0.6 is 11.8 Å². The number of anilines is 1. The van der Waals surface area contributed by atoms with Gasteiger partial charge in [-0.25, -0.2) is 4.98 Å². The molecule has 1 amide bonds. The zero-order valence-electron chi connectivity index (χ0n) is 14.7. The van der Waals surface area contributed by atoms with Gasteiger partial charge in [0.25, 0.3) is 0 Å². The number of rotatable bonds is 7. The molecule has 134 valence electrons. The van der Waals surface area contributed by atoms with E-state index >= 15 is 0 Å². The number of nitrogens with one attached hydrogen (secondary N) is 2. The molecule has 0 radical (unpaired) electrons. The van der Waals surface area contributed by atoms with Crippen LogP contribution in [0.25, 0.3) is 0 Å². The minimum Gasteiger partial charge on any atom is -0.485 e. The number of amides is 1. The number of ether oxygens (including phenoxy) is 1. The van der Waals surface area contributed by atoms with Crippen LogP contribution in [0.4, 0.5) is 5.69 Å². The quantitative estimate of drug-likeness (QED) is 0.621. The Balaban J connectivity index is 1.49. The lowest BCUT2D eigenvalue weighted by molar-refractivity contribution is -0.113. The fourth-order valence-corrected chi connectivity index (χ4v) is 3.04. The van der Waals surface area contributed by atoms with Gasteiger partial charge in [0.15, 0.2) is 5.82 Å². The Kier molecular flexibility index (Phi) is 5.91. The van der Waals surface area contributed by atoms with Gasteiger partial charge in [0, 0.05) is 5.69 Å². The molecule has 3 rings (SSSR count). The van der Waals surface area contributed by atoms with E-state index in [4.69, 9.17) is 4.74 Å². The molecular weight excluding hydrogens is 348 g/mol. The average Bonchev–Trinajstić information content (AvgIpc) is 3.08. The zero-order chi connectivity index (χ0) is 18.4. The first kappa shape index (κ1) is 18.0. The zero-order valence-corrected chi connectivity index (χ0v) is 15.5. The van der Waals surface area contributed by atoms with Gasteiger partial charge in [-0.15, -0.1) is 5.10 Å². The second kappa shape index (κ2) is 8.53. The van der Waals surface area contributed by atoms with Crippen LogP contribution in [0.1, 0.15) is 17.0 Å². The standard InChI is InChI=1S/C19H20N4O2S/c1-13-7-6-8-14(2)18(13)25-11-16-21-19(23-22-16)26-12-17(24)20-15-9-4-3-5-10-15/h3-10H,11-12H2,1-2H3,(H,20,24)(H,21,22,23). The summed E-state index contributed by atoms with van der Waals surface area (Å²) in [4.78, 5) is 16.3. The highest BCUT2D eigenvalue weighted by Crippen LogP contribution is 2.23. The van der Waals surface area contributed by atoms with Gasteiger partial charge < -0.3 is 10.1 Å². The van der Waals surface area contributed by atoms with Crippen molar-refractivity contribution >= 4 is 23.4 Å². The molecule has 0 saturated heterocycles. The Morgan fingerprint density at radius 1 is 1.12 bits per heavy atom. The van der Waals surface area contributed by atoms with E-state index in [0.717, 1.165) is 22.6 Å². The molecule has 7 heteroatoms. The van der Waals surface area contributed by atoms with Crippen molar-refractivity contribution in [3.05, 3.63) is 65.5 Å². The summed E-state index contributed by atoms with van der Waals surface area (Å²) in [5, 5.41) is 10.3. The van der Waals surface area contributed by atoms with E-state index in [1.165, 1.54) is 11.8 Å². The van der Waals surface area contributed by atoms with Gasteiger partial charge in [0.2, 0.25) is 11.1 Å². The monoisotopic (exact) mass is 368 g/mol. The molecule has 0 saturated carbocycles. The Bertz CT molecular complexity index is 860. The van der Waals surface area contributed by atoms with Crippen LogP contribution in [0.2, 0.25) is 0 Å². The number of aromatic nitrogens is 3. The molecule has 0 fully saturated rings. The smallest absolute Gasteiger partial charge is 0.234 e. The molecule has 2 aromatic carbocycles. The number of nitrogens with zero attached hydrogens (tertiary/aromatic N) is 2. The minimum atomic E-state index is -0.0978. The molecule has 0 aliphatic heterocycles. The molecule has 26 heavy (non-hydrogen) atoms. The topological polar surface area (TPSA) is 79.9 Å². The first-order valence-corrected chi connectivity index (χ1v) is 9.18. The van der Waals surface area contributed by atoms with Crippen LogP contribution in [-0.2, 0) is 11.4 Å². The summed E-state index contributed by atoms with van der Waals surface area (Å²) in [6.07, 6.45) is 0. The van der Waals surface area contributed by atoms with Gasteiger partial charge in [-0.1, -0.05) is 48.2 Å². The molecule has 0 aliphatic carbocycles. The number of hydrogen-bond donors (Lipinski definition) is 2. The number of hydrogen-bond acceptors (Lipinski definition) is 5. The van der Waals surface area contributed by atoms with Crippen molar-refractivity contribution in [3.8, 4) is 5.75 Å². The Morgan fingerprint density at radius 2 is 1.85 bits per heavy atom. The van der Waals surface area contributed by atoms with Gasteiger partial charge >= 0.3 is 0 Å². The van der Waals surface area contributed by atoms with E-state index in [-0.39, 0.29) is 11.7 Å². The van der Waals surface area contributed by atoms with Crippen molar-refractivity contribution < 1.29 is 9.53 Å². The molecule has 0 spiro atoms. The second-order valence-corrected chi connectivity index (χ2v) is 6.72. The molecule has 0 unspecified atom stereocenters. The van der Waals surface area contributed by atoms with Gasteiger partial charge in [-0.05, 0) is 37.1 Å². The lowest BCUT2D eigenvalue weighted by atomic mass is 10.1. The summed E-state index contributed by atoms with van der Waals surface area (Å²) in [7, 11) is 0. The van der Waals surface area contributed by atoms with E-state index in [0.29, 0.717) is 17.6 Å². The molecule has 1 aromatic heterocycles. The highest BCUT2D eigenvalue weighted by molar-refractivity contribution is 7.99. The summed E-state index contributed by atoms with van der Waals surface area (Å²) in [6.45, 7) is 4.32. The third-order valence-electron chi connectivity index (χ3n) is 3.66. The van der Waals surface area contributed by atoms with Gasteiger partial charge in [0.05, 0.1) is 5.75 Å². The van der Waals surface area contributed by atoms with Crippen molar-refractivity contribution in [3.63, 3.8) is 0 Å². The molecule has 6 nitrogen and oxygen atoms in total. The first-order valence-electron chi connectivity index (χ1n) is 8.20. The lowest BCUT2D eigenvalue weighted by Crippen LogP contribution is -2.13. The maximum absolute atomic E-state index is 12.0. The summed E-state index contributed by atoms with van der Waals surface area (Å²) in [6, 6.07) is 15.4. The van der Waals surface area contributed by atoms with Crippen molar-refractivity contribution in [2.24, 2.45) is 0 Å². The van der Waals surface area contributed by atoms with Crippen LogP contribution in [0.15, 0.2) is 53.7 Å². The fourth-order valence-electron chi connectivity index (χ4n) is 2.42. The van der Waals surface area contributed by atoms with Crippen LogP contribution in [0.5, 0.6) is 5.75 Å². The normalized spacial score (nSPS) is 10.5. The predicted octanol–water partition coefficient (Wildman–Crippen LogP) is 3.73. The molecular formula is C19H20N4O2S. The van der Waals surface area contributed by atoms with Crippen molar-refractivity contribution in [1.82, 2.24) is 15.2 Å². The number of H-pyrrole nitrogens is 1. The highest BCUT2D eigenvalue weighted by atomic mass is 32.2. The summed E-state index contributed by atoms with van der Waals surface area (Å²) in [5.74, 6) is 1.63. The molecule has 2 N–H and O–H groups in total.